The first-order valence-electron chi connectivity index (χ1n) is 8.07. The van der Waals surface area contributed by atoms with Gasteiger partial charge in [-0.25, -0.2) is 4.79 Å². The number of hydrogen-bond donors (Lipinski definition) is 1. The zero-order chi connectivity index (χ0) is 16.3. The molecule has 3 unspecified atom stereocenters. The molecule has 0 aliphatic carbocycles. The van der Waals surface area contributed by atoms with Gasteiger partial charge in [-0.15, -0.1) is 11.3 Å². The number of nitrogens with zero attached hydrogens (tertiary/aromatic N) is 1. The van der Waals surface area contributed by atoms with E-state index in [0.29, 0.717) is 12.1 Å². The molecule has 5 heteroatoms. The molecule has 1 aliphatic rings. The molecule has 124 valence electrons. The summed E-state index contributed by atoms with van der Waals surface area (Å²) in [5.74, 6) is 0. The summed E-state index contributed by atoms with van der Waals surface area (Å²) in [4.78, 5) is 15.6. The van der Waals surface area contributed by atoms with Gasteiger partial charge in [-0.1, -0.05) is 6.07 Å². The summed E-state index contributed by atoms with van der Waals surface area (Å²) in [5.41, 5.74) is -0.443. The molecule has 1 fully saturated rings. The van der Waals surface area contributed by atoms with Gasteiger partial charge in [0.15, 0.2) is 0 Å². The Balaban J connectivity index is 1.97. The van der Waals surface area contributed by atoms with Gasteiger partial charge in [0.2, 0.25) is 0 Å². The fraction of sp³-hybridized carbons (Fsp3) is 0.706. The third-order valence-corrected chi connectivity index (χ3v) is 5.11. The van der Waals surface area contributed by atoms with Crippen LogP contribution in [-0.4, -0.2) is 35.2 Å². The molecule has 2 rings (SSSR count). The van der Waals surface area contributed by atoms with Crippen LogP contribution in [0.4, 0.5) is 4.79 Å². The lowest BCUT2D eigenvalue weighted by Crippen LogP contribution is -2.55. The summed E-state index contributed by atoms with van der Waals surface area (Å²) in [6.45, 7) is 10.8. The molecule has 1 aromatic heterocycles. The zero-order valence-electron chi connectivity index (χ0n) is 14.3. The number of rotatable bonds is 3. The van der Waals surface area contributed by atoms with E-state index < -0.39 is 5.60 Å². The lowest BCUT2D eigenvalue weighted by Gasteiger charge is -2.41. The number of thiophene rings is 1. The number of nitrogens with one attached hydrogen (secondary N) is 1. The Morgan fingerprint density at radius 3 is 2.82 bits per heavy atom. The molecule has 2 heterocycles. The minimum absolute atomic E-state index is 0.144. The van der Waals surface area contributed by atoms with E-state index in [1.54, 1.807) is 11.3 Å². The van der Waals surface area contributed by atoms with Crippen LogP contribution >= 0.6 is 11.3 Å². The van der Waals surface area contributed by atoms with E-state index in [0.717, 1.165) is 19.4 Å². The molecule has 4 nitrogen and oxygen atoms in total. The first kappa shape index (κ1) is 17.3. The fourth-order valence-corrected chi connectivity index (χ4v) is 3.63. The van der Waals surface area contributed by atoms with Crippen LogP contribution in [0.25, 0.3) is 0 Å². The number of hydrogen-bond acceptors (Lipinski definition) is 4. The average molecular weight is 324 g/mol. The Bertz CT molecular complexity index is 481. The van der Waals surface area contributed by atoms with Crippen molar-refractivity contribution >= 4 is 17.4 Å². The molecule has 1 aliphatic heterocycles. The van der Waals surface area contributed by atoms with E-state index in [1.807, 2.05) is 25.7 Å². The van der Waals surface area contributed by atoms with Gasteiger partial charge in [0.1, 0.15) is 5.60 Å². The highest BCUT2D eigenvalue weighted by Crippen LogP contribution is 2.25. The van der Waals surface area contributed by atoms with Crippen molar-refractivity contribution < 1.29 is 9.53 Å². The molecular formula is C17H28N2O2S. The van der Waals surface area contributed by atoms with E-state index in [-0.39, 0.29) is 12.1 Å². The first-order chi connectivity index (χ1) is 10.3. The maximum Gasteiger partial charge on any atom is 0.410 e. The van der Waals surface area contributed by atoms with Crippen LogP contribution in [0.15, 0.2) is 17.5 Å². The van der Waals surface area contributed by atoms with Crippen molar-refractivity contribution in [2.45, 2.75) is 71.2 Å². The minimum atomic E-state index is -0.443. The maximum absolute atomic E-state index is 12.4. The summed E-state index contributed by atoms with van der Waals surface area (Å²) < 4.78 is 5.53. The highest BCUT2D eigenvalue weighted by molar-refractivity contribution is 7.10. The smallest absolute Gasteiger partial charge is 0.410 e. The van der Waals surface area contributed by atoms with Crippen LogP contribution < -0.4 is 5.32 Å². The molecular weight excluding hydrogens is 296 g/mol. The summed E-state index contributed by atoms with van der Waals surface area (Å²) >= 11 is 1.77. The van der Waals surface area contributed by atoms with Crippen molar-refractivity contribution in [1.82, 2.24) is 10.2 Å². The molecule has 1 saturated heterocycles. The van der Waals surface area contributed by atoms with Gasteiger partial charge in [0.25, 0.3) is 0 Å². The summed E-state index contributed by atoms with van der Waals surface area (Å²) in [6.07, 6.45) is 1.91. The SMILES string of the molecule is CC(NC1CCCN(C(=O)OC(C)(C)C)C1C)c1cccs1. The summed E-state index contributed by atoms with van der Waals surface area (Å²) in [7, 11) is 0. The van der Waals surface area contributed by atoms with Crippen molar-refractivity contribution in [3.8, 4) is 0 Å². The Morgan fingerprint density at radius 2 is 2.23 bits per heavy atom. The predicted octanol–water partition coefficient (Wildman–Crippen LogP) is 4.19. The summed E-state index contributed by atoms with van der Waals surface area (Å²) in [5, 5.41) is 5.78. The molecule has 0 saturated carbocycles. The molecule has 0 spiro atoms. The van der Waals surface area contributed by atoms with Crippen molar-refractivity contribution in [3.63, 3.8) is 0 Å². The van der Waals surface area contributed by atoms with Gasteiger partial charge >= 0.3 is 6.09 Å². The van der Waals surface area contributed by atoms with Crippen LogP contribution in [0.5, 0.6) is 0 Å². The van der Waals surface area contributed by atoms with Crippen LogP contribution in [0, 0.1) is 0 Å². The Hall–Kier alpha value is -1.07. The van der Waals surface area contributed by atoms with Gasteiger partial charge in [-0.2, -0.15) is 0 Å². The number of ether oxygens (including phenoxy) is 1. The Morgan fingerprint density at radius 1 is 1.50 bits per heavy atom. The second-order valence-corrected chi connectivity index (χ2v) is 8.05. The molecule has 0 aromatic carbocycles. The fourth-order valence-electron chi connectivity index (χ4n) is 2.89. The van der Waals surface area contributed by atoms with E-state index in [4.69, 9.17) is 4.74 Å². The van der Waals surface area contributed by atoms with Gasteiger partial charge in [-0.3, -0.25) is 0 Å². The number of piperidine rings is 1. The lowest BCUT2D eigenvalue weighted by molar-refractivity contribution is 0.00645. The number of amides is 1. The molecule has 1 amide bonds. The van der Waals surface area contributed by atoms with Crippen molar-refractivity contribution in [2.75, 3.05) is 6.54 Å². The number of likely N-dealkylation sites (tertiary alicyclic amines) is 1. The molecule has 3 atom stereocenters. The third-order valence-electron chi connectivity index (χ3n) is 4.05. The standard InChI is InChI=1S/C17H28N2O2S/c1-12(15-9-7-11-22-15)18-14-8-6-10-19(13(14)2)16(20)21-17(3,4)5/h7,9,11-14,18H,6,8,10H2,1-5H3. The van der Waals surface area contributed by atoms with E-state index in [1.165, 1.54) is 4.88 Å². The molecule has 1 N–H and O–H groups in total. The van der Waals surface area contributed by atoms with Crippen molar-refractivity contribution in [1.29, 1.82) is 0 Å². The highest BCUT2D eigenvalue weighted by atomic mass is 32.1. The predicted molar refractivity (Wildman–Crippen MR) is 91.3 cm³/mol. The van der Waals surface area contributed by atoms with Crippen LogP contribution in [0.1, 0.15) is 58.4 Å². The minimum Gasteiger partial charge on any atom is -0.444 e. The second-order valence-electron chi connectivity index (χ2n) is 7.07. The lowest BCUT2D eigenvalue weighted by atomic mass is 9.97. The molecule has 0 radical (unpaired) electrons. The molecule has 1 aromatic rings. The Labute approximate surface area is 137 Å². The monoisotopic (exact) mass is 324 g/mol. The second kappa shape index (κ2) is 7.01. The van der Waals surface area contributed by atoms with E-state index in [2.05, 4.69) is 36.7 Å². The normalized spacial score (nSPS) is 24.1. The van der Waals surface area contributed by atoms with Crippen LogP contribution in [0.2, 0.25) is 0 Å². The molecule has 0 bridgehead atoms. The maximum atomic E-state index is 12.4. The van der Waals surface area contributed by atoms with Crippen molar-refractivity contribution in [2.24, 2.45) is 0 Å². The van der Waals surface area contributed by atoms with E-state index in [9.17, 15) is 4.79 Å². The van der Waals surface area contributed by atoms with Gasteiger partial charge in [0.05, 0.1) is 0 Å². The quantitative estimate of drug-likeness (QED) is 0.906. The third kappa shape index (κ3) is 4.46. The van der Waals surface area contributed by atoms with Crippen molar-refractivity contribution in [3.05, 3.63) is 22.4 Å². The first-order valence-corrected chi connectivity index (χ1v) is 8.95. The topological polar surface area (TPSA) is 41.6 Å². The van der Waals surface area contributed by atoms with Gasteiger partial charge in [0, 0.05) is 29.5 Å². The largest absolute Gasteiger partial charge is 0.444 e. The highest BCUT2D eigenvalue weighted by Gasteiger charge is 2.34. The zero-order valence-corrected chi connectivity index (χ0v) is 15.1. The van der Waals surface area contributed by atoms with Crippen LogP contribution in [0.3, 0.4) is 0 Å². The van der Waals surface area contributed by atoms with Gasteiger partial charge in [-0.05, 0) is 58.9 Å². The van der Waals surface area contributed by atoms with Gasteiger partial charge < -0.3 is 15.0 Å². The summed E-state index contributed by atoms with van der Waals surface area (Å²) in [6, 6.07) is 4.99. The van der Waals surface area contributed by atoms with Crippen LogP contribution in [-0.2, 0) is 4.74 Å². The Kier molecular flexibility index (Phi) is 5.50. The van der Waals surface area contributed by atoms with E-state index >= 15 is 0 Å². The number of carbonyl (C=O) groups is 1. The molecule has 22 heavy (non-hydrogen) atoms. The number of carbonyl (C=O) groups excluding carboxylic acids is 1. The average Bonchev–Trinajstić information content (AvgIpc) is 2.93.